The number of aromatic nitrogens is 3. The van der Waals surface area contributed by atoms with Crippen molar-refractivity contribution in [3.8, 4) is 0 Å². The summed E-state index contributed by atoms with van der Waals surface area (Å²) in [6.07, 6.45) is 0.292. The molecule has 0 bridgehead atoms. The van der Waals surface area contributed by atoms with Gasteiger partial charge in [0.25, 0.3) is 0 Å². The summed E-state index contributed by atoms with van der Waals surface area (Å²) < 4.78 is 2.90. The fourth-order valence-electron chi connectivity index (χ4n) is 2.38. The Morgan fingerprint density at radius 1 is 1.21 bits per heavy atom. The summed E-state index contributed by atoms with van der Waals surface area (Å²) in [5, 5.41) is 23.1. The highest BCUT2D eigenvalue weighted by atomic mass is 16.3. The van der Waals surface area contributed by atoms with Gasteiger partial charge in [-0.1, -0.05) is 6.07 Å². The maximum atomic E-state index is 12.0. The molecule has 0 amide bonds. The molecule has 0 aromatic carbocycles. The third-order valence-electron chi connectivity index (χ3n) is 3.45. The molecule has 2 atom stereocenters. The number of β-amino-alcohol motifs (C(OH)–C–C–N with tert-alkyl or cyclic N) is 2. The van der Waals surface area contributed by atoms with Crippen LogP contribution in [0.1, 0.15) is 0 Å². The van der Waals surface area contributed by atoms with Crippen molar-refractivity contribution >= 4 is 5.65 Å². The van der Waals surface area contributed by atoms with Gasteiger partial charge in [0.05, 0.1) is 18.8 Å². The lowest BCUT2D eigenvalue weighted by Gasteiger charge is -2.13. The third kappa shape index (κ3) is 2.27. The van der Waals surface area contributed by atoms with E-state index in [9.17, 15) is 15.0 Å². The van der Waals surface area contributed by atoms with Crippen molar-refractivity contribution in [1.82, 2.24) is 19.1 Å². The predicted octanol–water partition coefficient (Wildman–Crippen LogP) is -1.47. The van der Waals surface area contributed by atoms with Crippen molar-refractivity contribution in [2.75, 3.05) is 19.6 Å². The first-order valence-corrected chi connectivity index (χ1v) is 6.28. The first kappa shape index (κ1) is 12.3. The second-order valence-corrected chi connectivity index (χ2v) is 4.83. The summed E-state index contributed by atoms with van der Waals surface area (Å²) in [6.45, 7) is 1.89. The first-order chi connectivity index (χ1) is 9.15. The molecule has 0 aliphatic carbocycles. The van der Waals surface area contributed by atoms with E-state index in [2.05, 4.69) is 5.10 Å². The molecule has 3 rings (SSSR count). The van der Waals surface area contributed by atoms with Gasteiger partial charge < -0.3 is 10.2 Å². The lowest BCUT2D eigenvalue weighted by atomic mass is 10.3. The molecule has 1 aliphatic rings. The Morgan fingerprint density at radius 2 is 1.95 bits per heavy atom. The molecule has 19 heavy (non-hydrogen) atoms. The molecule has 0 saturated carbocycles. The van der Waals surface area contributed by atoms with Gasteiger partial charge in [-0.25, -0.2) is 9.48 Å². The van der Waals surface area contributed by atoms with E-state index in [4.69, 9.17) is 0 Å². The highest BCUT2D eigenvalue weighted by Crippen LogP contribution is 2.09. The molecule has 7 heteroatoms. The molecule has 0 radical (unpaired) electrons. The zero-order valence-corrected chi connectivity index (χ0v) is 10.4. The number of aliphatic hydroxyl groups is 2. The third-order valence-corrected chi connectivity index (χ3v) is 3.45. The van der Waals surface area contributed by atoms with Crippen molar-refractivity contribution in [2.24, 2.45) is 0 Å². The summed E-state index contributed by atoms with van der Waals surface area (Å²) >= 11 is 0. The van der Waals surface area contributed by atoms with Gasteiger partial charge in [0.2, 0.25) is 0 Å². The molecule has 2 aromatic heterocycles. The van der Waals surface area contributed by atoms with Crippen LogP contribution in [0.2, 0.25) is 0 Å². The zero-order valence-electron chi connectivity index (χ0n) is 10.4. The van der Waals surface area contributed by atoms with Gasteiger partial charge in [0.1, 0.15) is 0 Å². The minimum atomic E-state index is -0.696. The number of likely N-dealkylation sites (tertiary alicyclic amines) is 1. The minimum Gasteiger partial charge on any atom is -0.389 e. The van der Waals surface area contributed by atoms with E-state index >= 15 is 0 Å². The van der Waals surface area contributed by atoms with Crippen LogP contribution in [-0.2, 0) is 6.54 Å². The van der Waals surface area contributed by atoms with Crippen LogP contribution in [0.25, 0.3) is 5.65 Å². The summed E-state index contributed by atoms with van der Waals surface area (Å²) in [5.74, 6) is 0. The zero-order chi connectivity index (χ0) is 13.4. The van der Waals surface area contributed by atoms with E-state index in [-0.39, 0.29) is 5.69 Å². The highest BCUT2D eigenvalue weighted by Gasteiger charge is 2.29. The molecule has 2 aromatic rings. The van der Waals surface area contributed by atoms with Gasteiger partial charge in [-0.15, -0.1) is 5.10 Å². The number of rotatable bonds is 3. The van der Waals surface area contributed by atoms with Crippen LogP contribution in [-0.4, -0.2) is 61.1 Å². The second kappa shape index (κ2) is 4.76. The van der Waals surface area contributed by atoms with Gasteiger partial charge in [-0.05, 0) is 12.1 Å². The monoisotopic (exact) mass is 264 g/mol. The van der Waals surface area contributed by atoms with E-state index in [0.717, 1.165) is 0 Å². The Kier molecular flexibility index (Phi) is 3.09. The standard InChI is InChI=1S/C12H16N4O3/c17-9-7-14(8-10(9)18)5-6-16-12(19)15-4-2-1-3-11(15)13-16/h1-4,9-10,17-18H,5-8H2/t9-,10+. The quantitative estimate of drug-likeness (QED) is 0.707. The molecule has 1 saturated heterocycles. The molecule has 1 fully saturated rings. The van der Waals surface area contributed by atoms with Crippen LogP contribution in [0.5, 0.6) is 0 Å². The fourth-order valence-corrected chi connectivity index (χ4v) is 2.38. The SMILES string of the molecule is O=c1n(CCN2C[C@@H](O)[C@@H](O)C2)nc2ccccn12. The molecule has 0 unspecified atom stereocenters. The normalized spacial score (nSPS) is 24.3. The van der Waals surface area contributed by atoms with Gasteiger partial charge in [-0.3, -0.25) is 9.30 Å². The predicted molar refractivity (Wildman–Crippen MR) is 67.9 cm³/mol. The smallest absolute Gasteiger partial charge is 0.350 e. The van der Waals surface area contributed by atoms with Crippen molar-refractivity contribution in [2.45, 2.75) is 18.8 Å². The van der Waals surface area contributed by atoms with Crippen LogP contribution in [0.3, 0.4) is 0 Å². The summed E-state index contributed by atoms with van der Waals surface area (Å²) in [7, 11) is 0. The van der Waals surface area contributed by atoms with Crippen molar-refractivity contribution in [3.63, 3.8) is 0 Å². The number of pyridine rings is 1. The number of fused-ring (bicyclic) bond motifs is 1. The molecular weight excluding hydrogens is 248 g/mol. The van der Waals surface area contributed by atoms with E-state index < -0.39 is 12.2 Å². The Hall–Kier alpha value is -1.70. The Labute approximate surface area is 109 Å². The fraction of sp³-hybridized carbons (Fsp3) is 0.500. The molecule has 7 nitrogen and oxygen atoms in total. The van der Waals surface area contributed by atoms with Gasteiger partial charge in [0.15, 0.2) is 5.65 Å². The average molecular weight is 264 g/mol. The molecular formula is C12H16N4O3. The maximum absolute atomic E-state index is 12.0. The Morgan fingerprint density at radius 3 is 2.63 bits per heavy atom. The maximum Gasteiger partial charge on any atom is 0.350 e. The number of hydrogen-bond acceptors (Lipinski definition) is 5. The van der Waals surface area contributed by atoms with Crippen molar-refractivity contribution in [3.05, 3.63) is 34.9 Å². The molecule has 3 heterocycles. The van der Waals surface area contributed by atoms with Crippen molar-refractivity contribution in [1.29, 1.82) is 0 Å². The van der Waals surface area contributed by atoms with Crippen LogP contribution in [0.4, 0.5) is 0 Å². The van der Waals surface area contributed by atoms with Crippen molar-refractivity contribution < 1.29 is 10.2 Å². The van der Waals surface area contributed by atoms with E-state index in [1.165, 1.54) is 9.08 Å². The minimum absolute atomic E-state index is 0.170. The lowest BCUT2D eigenvalue weighted by molar-refractivity contribution is 0.0572. The highest BCUT2D eigenvalue weighted by molar-refractivity contribution is 5.35. The molecule has 1 aliphatic heterocycles. The Balaban J connectivity index is 1.72. The molecule has 2 N–H and O–H groups in total. The summed E-state index contributed by atoms with van der Waals surface area (Å²) in [6, 6.07) is 5.40. The van der Waals surface area contributed by atoms with Crippen LogP contribution in [0.15, 0.2) is 29.2 Å². The van der Waals surface area contributed by atoms with Gasteiger partial charge in [0, 0.05) is 25.8 Å². The molecule has 0 spiro atoms. The van der Waals surface area contributed by atoms with Gasteiger partial charge in [-0.2, -0.15) is 0 Å². The Bertz CT molecular complexity index is 625. The average Bonchev–Trinajstić information content (AvgIpc) is 2.89. The van der Waals surface area contributed by atoms with Crippen LogP contribution < -0.4 is 5.69 Å². The summed E-state index contributed by atoms with van der Waals surface area (Å²) in [4.78, 5) is 13.9. The van der Waals surface area contributed by atoms with Crippen LogP contribution >= 0.6 is 0 Å². The van der Waals surface area contributed by atoms with Gasteiger partial charge >= 0.3 is 5.69 Å². The topological polar surface area (TPSA) is 83.0 Å². The van der Waals surface area contributed by atoms with E-state index in [0.29, 0.717) is 31.8 Å². The summed E-state index contributed by atoms with van der Waals surface area (Å²) in [5.41, 5.74) is 0.449. The first-order valence-electron chi connectivity index (χ1n) is 6.28. The lowest BCUT2D eigenvalue weighted by Crippen LogP contribution is -2.30. The van der Waals surface area contributed by atoms with E-state index in [1.807, 2.05) is 11.0 Å². The number of aliphatic hydroxyl groups excluding tert-OH is 2. The van der Waals surface area contributed by atoms with Crippen LogP contribution in [0, 0.1) is 0 Å². The van der Waals surface area contributed by atoms with E-state index in [1.54, 1.807) is 18.3 Å². The second-order valence-electron chi connectivity index (χ2n) is 4.83. The molecule has 102 valence electrons. The number of hydrogen-bond donors (Lipinski definition) is 2. The largest absolute Gasteiger partial charge is 0.389 e. The number of nitrogens with zero attached hydrogens (tertiary/aromatic N) is 4.